The average molecular weight is 628 g/mol. The first kappa shape index (κ1) is 31.5. The number of alkyl halides is 6. The third-order valence-electron chi connectivity index (χ3n) is 7.08. The van der Waals surface area contributed by atoms with Crippen molar-refractivity contribution in [3.8, 4) is 0 Å². The molecule has 9 nitrogen and oxygen atoms in total. The highest BCUT2D eigenvalue weighted by Crippen LogP contribution is 2.51. The molecule has 1 fully saturated rings. The molecule has 2 heterocycles. The maximum absolute atomic E-state index is 13.7. The zero-order chi connectivity index (χ0) is 31.3. The van der Waals surface area contributed by atoms with Crippen molar-refractivity contribution in [3.05, 3.63) is 59.4 Å². The monoisotopic (exact) mass is 627 g/mol. The first-order chi connectivity index (χ1) is 19.4. The Kier molecular flexibility index (Phi) is 8.25. The fourth-order valence-corrected chi connectivity index (χ4v) is 6.53. The van der Waals surface area contributed by atoms with Crippen molar-refractivity contribution in [3.63, 3.8) is 0 Å². The Morgan fingerprint density at radius 2 is 1.57 bits per heavy atom. The lowest BCUT2D eigenvalue weighted by molar-refractivity contribution is -0.376. The van der Waals surface area contributed by atoms with E-state index in [9.17, 15) is 59.0 Å². The maximum Gasteiger partial charge on any atom is 0.430 e. The number of anilines is 1. The van der Waals surface area contributed by atoms with Gasteiger partial charge in [0, 0.05) is 25.1 Å². The van der Waals surface area contributed by atoms with Crippen LogP contribution in [0.5, 0.6) is 0 Å². The molecule has 1 unspecified atom stereocenters. The molecule has 0 spiro atoms. The minimum Gasteiger partial charge on any atom is -0.389 e. The molecule has 2 aromatic carbocycles. The Hall–Kier alpha value is -3.44. The number of aryl methyl sites for hydroxylation is 1. The summed E-state index contributed by atoms with van der Waals surface area (Å²) in [4.78, 5) is 25.6. The minimum atomic E-state index is -6.17. The largest absolute Gasteiger partial charge is 0.430 e. The number of hydrogen-bond donors (Lipinski definition) is 3. The molecule has 0 saturated carbocycles. The molecule has 1 atom stereocenters. The summed E-state index contributed by atoms with van der Waals surface area (Å²) in [6.07, 6.45) is -14.1. The summed E-state index contributed by atoms with van der Waals surface area (Å²) >= 11 is 0. The van der Waals surface area contributed by atoms with Gasteiger partial charge in [0.2, 0.25) is 11.8 Å². The van der Waals surface area contributed by atoms with Gasteiger partial charge in [0.25, 0.3) is 15.6 Å². The molecule has 4 rings (SSSR count). The number of nitrogens with zero attached hydrogens (tertiary/aromatic N) is 2. The molecule has 0 aromatic heterocycles. The molecule has 1 saturated heterocycles. The topological polar surface area (TPSA) is 127 Å². The Bertz CT molecular complexity index is 1440. The predicted molar refractivity (Wildman–Crippen MR) is 131 cm³/mol. The zero-order valence-corrected chi connectivity index (χ0v) is 22.2. The van der Waals surface area contributed by atoms with Crippen molar-refractivity contribution in [1.29, 1.82) is 0 Å². The predicted octanol–water partition coefficient (Wildman–Crippen LogP) is 2.36. The normalized spacial score (nSPS) is 18.4. The van der Waals surface area contributed by atoms with Gasteiger partial charge in [-0.3, -0.25) is 13.9 Å². The number of aliphatic hydroxyl groups is 2. The van der Waals surface area contributed by atoms with Gasteiger partial charge in [-0.15, -0.1) is 0 Å². The number of hydrogen-bond acceptors (Lipinski definition) is 6. The lowest BCUT2D eigenvalue weighted by Crippen LogP contribution is -2.56. The number of rotatable bonds is 7. The van der Waals surface area contributed by atoms with Crippen LogP contribution < -0.4 is 9.62 Å². The van der Waals surface area contributed by atoms with Crippen LogP contribution in [0.2, 0.25) is 0 Å². The van der Waals surface area contributed by atoms with Gasteiger partial charge in [-0.25, -0.2) is 12.8 Å². The molecule has 0 aliphatic carbocycles. The van der Waals surface area contributed by atoms with Gasteiger partial charge >= 0.3 is 12.4 Å². The van der Waals surface area contributed by atoms with Crippen LogP contribution in [0.15, 0.2) is 47.4 Å². The first-order valence-corrected chi connectivity index (χ1v) is 13.8. The van der Waals surface area contributed by atoms with Crippen molar-refractivity contribution < 1.29 is 59.0 Å². The molecule has 230 valence electrons. The van der Waals surface area contributed by atoms with Crippen LogP contribution >= 0.6 is 0 Å². The van der Waals surface area contributed by atoms with E-state index in [1.165, 1.54) is 4.90 Å². The van der Waals surface area contributed by atoms with Gasteiger partial charge in [-0.2, -0.15) is 26.3 Å². The van der Waals surface area contributed by atoms with E-state index >= 15 is 0 Å². The van der Waals surface area contributed by atoms with Crippen molar-refractivity contribution in [2.75, 3.05) is 23.9 Å². The summed E-state index contributed by atoms with van der Waals surface area (Å²) in [6.45, 7) is -0.300. The number of aliphatic hydroxyl groups excluding tert-OH is 1. The number of likely N-dealkylation sites (tertiary alicyclic amines) is 1. The number of β-amino-alcohol motifs (C(OH)–C–C–N with tert-alkyl or cyclic N) is 1. The highest BCUT2D eigenvalue weighted by Gasteiger charge is 2.71. The Morgan fingerprint density at radius 3 is 2.12 bits per heavy atom. The van der Waals surface area contributed by atoms with Crippen LogP contribution in [0.25, 0.3) is 0 Å². The fourth-order valence-electron chi connectivity index (χ4n) is 4.81. The number of nitrogens with one attached hydrogen (secondary N) is 1. The smallest absolute Gasteiger partial charge is 0.389 e. The van der Waals surface area contributed by atoms with Crippen LogP contribution in [-0.4, -0.2) is 79.5 Å². The maximum atomic E-state index is 13.7. The van der Waals surface area contributed by atoms with Crippen LogP contribution in [0.4, 0.5) is 36.4 Å². The summed E-state index contributed by atoms with van der Waals surface area (Å²) in [5.41, 5.74) is -7.45. The average Bonchev–Trinajstić information content (AvgIpc) is 2.87. The van der Waals surface area contributed by atoms with E-state index < -0.39 is 81.2 Å². The standard InChI is InChI=1S/C25H24F7N3O6S/c26-16-3-6-19(7-4-16)42(40,41)35-17(10-21(37)33-11-22(38)34-12-18(36)13-34)5-1-14-9-15(2-8-20(14)35)23(39,24(27,28)29)25(30,31)32/h2-4,6-9,17-18,36,39H,1,5,10-13H2,(H,33,37). The first-order valence-electron chi connectivity index (χ1n) is 12.4. The Balaban J connectivity index is 1.69. The summed E-state index contributed by atoms with van der Waals surface area (Å²) in [5.74, 6) is -2.07. The van der Waals surface area contributed by atoms with Gasteiger partial charge in [0.05, 0.1) is 29.3 Å². The second kappa shape index (κ2) is 11.0. The third kappa shape index (κ3) is 5.76. The third-order valence-corrected chi connectivity index (χ3v) is 8.96. The van der Waals surface area contributed by atoms with Gasteiger partial charge in [0.1, 0.15) is 5.82 Å². The molecule has 17 heteroatoms. The van der Waals surface area contributed by atoms with E-state index in [1.54, 1.807) is 0 Å². The number of fused-ring (bicyclic) bond motifs is 1. The highest BCUT2D eigenvalue weighted by molar-refractivity contribution is 7.92. The number of halogens is 7. The quantitative estimate of drug-likeness (QED) is 0.405. The number of carbonyl (C=O) groups is 2. The van der Waals surface area contributed by atoms with Gasteiger partial charge in [0.15, 0.2) is 0 Å². The number of sulfonamides is 1. The van der Waals surface area contributed by atoms with E-state index in [0.29, 0.717) is 22.5 Å². The number of amides is 2. The Morgan fingerprint density at radius 1 is 0.976 bits per heavy atom. The van der Waals surface area contributed by atoms with Crippen LogP contribution in [-0.2, 0) is 31.6 Å². The highest BCUT2D eigenvalue weighted by atomic mass is 32.2. The van der Waals surface area contributed by atoms with Crippen molar-refractivity contribution in [1.82, 2.24) is 10.2 Å². The SMILES string of the molecule is O=C(CC1CCc2cc(C(O)(C(F)(F)F)C(F)(F)F)ccc2N1S(=O)(=O)c1ccc(F)cc1)NCC(=O)N1CC(O)C1. The van der Waals surface area contributed by atoms with E-state index in [2.05, 4.69) is 5.32 Å². The lowest BCUT2D eigenvalue weighted by Gasteiger charge is -2.39. The van der Waals surface area contributed by atoms with Crippen molar-refractivity contribution in [2.45, 2.75) is 54.3 Å². The molecule has 2 aliphatic rings. The summed E-state index contributed by atoms with van der Waals surface area (Å²) < 4.78 is 122. The summed E-state index contributed by atoms with van der Waals surface area (Å²) in [5, 5.41) is 21.5. The van der Waals surface area contributed by atoms with Crippen LogP contribution in [0.3, 0.4) is 0 Å². The van der Waals surface area contributed by atoms with Crippen LogP contribution in [0.1, 0.15) is 24.0 Å². The molecular formula is C25H24F7N3O6S. The fraction of sp³-hybridized carbons (Fsp3) is 0.440. The Labute approximate surface area is 234 Å². The van der Waals surface area contributed by atoms with Gasteiger partial charge in [-0.05, 0) is 48.7 Å². The van der Waals surface area contributed by atoms with E-state index in [0.717, 1.165) is 24.3 Å². The molecular weight excluding hydrogens is 603 g/mol. The number of benzene rings is 2. The molecule has 2 amide bonds. The van der Waals surface area contributed by atoms with Crippen molar-refractivity contribution >= 4 is 27.5 Å². The zero-order valence-electron chi connectivity index (χ0n) is 21.4. The van der Waals surface area contributed by atoms with Gasteiger partial charge < -0.3 is 20.4 Å². The van der Waals surface area contributed by atoms with Crippen LogP contribution in [0, 0.1) is 5.82 Å². The van der Waals surface area contributed by atoms with Crippen molar-refractivity contribution in [2.24, 2.45) is 0 Å². The lowest BCUT2D eigenvalue weighted by atomic mass is 9.87. The van der Waals surface area contributed by atoms with E-state index in [1.807, 2.05) is 0 Å². The molecule has 3 N–H and O–H groups in total. The molecule has 0 radical (unpaired) electrons. The molecule has 2 aromatic rings. The molecule has 42 heavy (non-hydrogen) atoms. The van der Waals surface area contributed by atoms with E-state index in [-0.39, 0.29) is 37.2 Å². The number of carbonyl (C=O) groups excluding carboxylic acids is 2. The summed E-state index contributed by atoms with van der Waals surface area (Å²) in [7, 11) is -4.66. The second-order valence-corrected chi connectivity index (χ2v) is 11.7. The molecule has 2 aliphatic heterocycles. The summed E-state index contributed by atoms with van der Waals surface area (Å²) in [6, 6.07) is 3.64. The molecule has 0 bridgehead atoms. The minimum absolute atomic E-state index is 0.0809. The van der Waals surface area contributed by atoms with Gasteiger partial charge in [-0.1, -0.05) is 12.1 Å². The van der Waals surface area contributed by atoms with E-state index in [4.69, 9.17) is 0 Å². The second-order valence-electron chi connectivity index (χ2n) is 9.93.